The fourth-order valence-electron chi connectivity index (χ4n) is 2.05. The summed E-state index contributed by atoms with van der Waals surface area (Å²) < 4.78 is 1.83. The molecular formula is C16H19ClN2OS. The Morgan fingerprint density at radius 3 is 2.76 bits per heavy atom. The minimum atomic E-state index is 0.581. The van der Waals surface area contributed by atoms with Gasteiger partial charge in [-0.25, -0.2) is 0 Å². The zero-order chi connectivity index (χ0) is 15.4. The van der Waals surface area contributed by atoms with E-state index in [1.807, 2.05) is 29.1 Å². The molecule has 21 heavy (non-hydrogen) atoms. The summed E-state index contributed by atoms with van der Waals surface area (Å²) in [5.41, 5.74) is 2.05. The summed E-state index contributed by atoms with van der Waals surface area (Å²) in [6.07, 6.45) is 5.66. The summed E-state index contributed by atoms with van der Waals surface area (Å²) in [7, 11) is 0. The van der Waals surface area contributed by atoms with Crippen molar-refractivity contribution in [3.05, 3.63) is 35.0 Å². The van der Waals surface area contributed by atoms with Crippen LogP contribution in [-0.4, -0.2) is 22.3 Å². The molecular weight excluding hydrogens is 304 g/mol. The maximum atomic E-state index is 11.3. The number of benzene rings is 1. The Kier molecular flexibility index (Phi) is 5.48. The van der Waals surface area contributed by atoms with E-state index in [0.717, 1.165) is 29.7 Å². The van der Waals surface area contributed by atoms with E-state index < -0.39 is 0 Å². The van der Waals surface area contributed by atoms with Crippen LogP contribution in [0.1, 0.15) is 30.6 Å². The van der Waals surface area contributed by atoms with Crippen LogP contribution in [0.5, 0.6) is 0 Å². The van der Waals surface area contributed by atoms with Crippen molar-refractivity contribution >= 4 is 29.6 Å². The van der Waals surface area contributed by atoms with Crippen LogP contribution in [0.15, 0.2) is 29.3 Å². The predicted octanol–water partition coefficient (Wildman–Crippen LogP) is 4.78. The average molecular weight is 323 g/mol. The van der Waals surface area contributed by atoms with Gasteiger partial charge in [-0.2, -0.15) is 5.10 Å². The number of aryl methyl sites for hydroxylation is 1. The van der Waals surface area contributed by atoms with E-state index in [9.17, 15) is 4.79 Å². The van der Waals surface area contributed by atoms with Crippen molar-refractivity contribution in [2.75, 3.05) is 6.26 Å². The molecule has 1 heterocycles. The maximum Gasteiger partial charge on any atom is 0.153 e. The van der Waals surface area contributed by atoms with Gasteiger partial charge in [-0.3, -0.25) is 9.48 Å². The molecule has 1 aromatic heterocycles. The van der Waals surface area contributed by atoms with E-state index in [1.165, 1.54) is 0 Å². The molecule has 2 rings (SSSR count). The van der Waals surface area contributed by atoms with Crippen LogP contribution in [0.3, 0.4) is 0 Å². The number of halogens is 1. The summed E-state index contributed by atoms with van der Waals surface area (Å²) in [6, 6.07) is 5.83. The molecule has 0 unspecified atom stereocenters. The third-order valence-electron chi connectivity index (χ3n) is 3.28. The SMILES string of the molecule is CSc1ccc(-c2nn(CCC(C)C)cc2C=O)c(Cl)c1. The van der Waals surface area contributed by atoms with Gasteiger partial charge in [0.05, 0.1) is 10.6 Å². The molecule has 0 amide bonds. The van der Waals surface area contributed by atoms with E-state index in [2.05, 4.69) is 18.9 Å². The van der Waals surface area contributed by atoms with Gasteiger partial charge >= 0.3 is 0 Å². The Balaban J connectivity index is 2.36. The van der Waals surface area contributed by atoms with Crippen molar-refractivity contribution in [3.63, 3.8) is 0 Å². The normalized spacial score (nSPS) is 11.1. The zero-order valence-corrected chi connectivity index (χ0v) is 14.0. The quantitative estimate of drug-likeness (QED) is 0.567. The van der Waals surface area contributed by atoms with Crippen molar-refractivity contribution in [2.24, 2.45) is 5.92 Å². The van der Waals surface area contributed by atoms with Gasteiger partial charge in [-0.1, -0.05) is 31.5 Å². The molecule has 0 aliphatic carbocycles. The van der Waals surface area contributed by atoms with Crippen LogP contribution in [0.2, 0.25) is 5.02 Å². The van der Waals surface area contributed by atoms with Crippen LogP contribution >= 0.6 is 23.4 Å². The molecule has 0 aliphatic rings. The second-order valence-electron chi connectivity index (χ2n) is 5.34. The van der Waals surface area contributed by atoms with Gasteiger partial charge in [0, 0.05) is 23.2 Å². The van der Waals surface area contributed by atoms with Gasteiger partial charge < -0.3 is 0 Å². The third kappa shape index (κ3) is 3.89. The molecule has 0 N–H and O–H groups in total. The van der Waals surface area contributed by atoms with E-state index in [4.69, 9.17) is 11.6 Å². The summed E-state index contributed by atoms with van der Waals surface area (Å²) >= 11 is 7.96. The Morgan fingerprint density at radius 1 is 1.43 bits per heavy atom. The number of aldehydes is 1. The lowest BCUT2D eigenvalue weighted by atomic mass is 10.1. The number of aromatic nitrogens is 2. The number of nitrogens with zero attached hydrogens (tertiary/aromatic N) is 2. The first-order valence-electron chi connectivity index (χ1n) is 6.91. The molecule has 112 valence electrons. The van der Waals surface area contributed by atoms with Gasteiger partial charge in [-0.05, 0) is 30.7 Å². The van der Waals surface area contributed by atoms with Gasteiger partial charge in [-0.15, -0.1) is 11.8 Å². The van der Waals surface area contributed by atoms with Crippen molar-refractivity contribution in [1.29, 1.82) is 0 Å². The molecule has 5 heteroatoms. The van der Waals surface area contributed by atoms with Crippen LogP contribution in [0.4, 0.5) is 0 Å². The summed E-state index contributed by atoms with van der Waals surface area (Å²) in [6.45, 7) is 5.14. The van der Waals surface area contributed by atoms with Crippen LogP contribution in [0.25, 0.3) is 11.3 Å². The van der Waals surface area contributed by atoms with Crippen LogP contribution in [-0.2, 0) is 6.54 Å². The molecule has 0 spiro atoms. The van der Waals surface area contributed by atoms with E-state index in [-0.39, 0.29) is 0 Å². The number of carbonyl (C=O) groups excluding carboxylic acids is 1. The topological polar surface area (TPSA) is 34.9 Å². The van der Waals surface area contributed by atoms with Crippen molar-refractivity contribution in [2.45, 2.75) is 31.7 Å². The maximum absolute atomic E-state index is 11.3. The second kappa shape index (κ2) is 7.14. The molecule has 0 aliphatic heterocycles. The first kappa shape index (κ1) is 16.1. The summed E-state index contributed by atoms with van der Waals surface area (Å²) in [5.74, 6) is 0.599. The monoisotopic (exact) mass is 322 g/mol. The van der Waals surface area contributed by atoms with Gasteiger partial charge in [0.2, 0.25) is 0 Å². The molecule has 0 saturated carbocycles. The molecule has 0 saturated heterocycles. The van der Waals surface area contributed by atoms with Gasteiger partial charge in [0.1, 0.15) is 5.69 Å². The lowest BCUT2D eigenvalue weighted by molar-refractivity contribution is 0.112. The summed E-state index contributed by atoms with van der Waals surface area (Å²) in [5, 5.41) is 5.16. The van der Waals surface area contributed by atoms with E-state index in [1.54, 1.807) is 18.0 Å². The largest absolute Gasteiger partial charge is 0.298 e. The lowest BCUT2D eigenvalue weighted by Crippen LogP contribution is -2.02. The highest BCUT2D eigenvalue weighted by Gasteiger charge is 2.14. The fourth-order valence-corrected chi connectivity index (χ4v) is 2.83. The van der Waals surface area contributed by atoms with Crippen LogP contribution < -0.4 is 0 Å². The molecule has 0 radical (unpaired) electrons. The number of rotatable bonds is 6. The predicted molar refractivity (Wildman–Crippen MR) is 89.3 cm³/mol. The van der Waals surface area contributed by atoms with Gasteiger partial charge in [0.15, 0.2) is 6.29 Å². The molecule has 0 bridgehead atoms. The minimum absolute atomic E-state index is 0.581. The Hall–Kier alpha value is -1.26. The van der Waals surface area contributed by atoms with Crippen molar-refractivity contribution in [3.8, 4) is 11.3 Å². The molecule has 0 atom stereocenters. The van der Waals surface area contributed by atoms with E-state index in [0.29, 0.717) is 22.2 Å². The smallest absolute Gasteiger partial charge is 0.153 e. The van der Waals surface area contributed by atoms with E-state index >= 15 is 0 Å². The van der Waals surface area contributed by atoms with Crippen molar-refractivity contribution < 1.29 is 4.79 Å². The summed E-state index contributed by atoms with van der Waals surface area (Å²) in [4.78, 5) is 12.4. The Bertz CT molecular complexity index is 637. The molecule has 3 nitrogen and oxygen atoms in total. The lowest BCUT2D eigenvalue weighted by Gasteiger charge is -2.05. The number of carbonyl (C=O) groups is 1. The first-order valence-corrected chi connectivity index (χ1v) is 8.52. The highest BCUT2D eigenvalue weighted by atomic mass is 35.5. The molecule has 2 aromatic rings. The highest BCUT2D eigenvalue weighted by molar-refractivity contribution is 7.98. The fraction of sp³-hybridized carbons (Fsp3) is 0.375. The second-order valence-corrected chi connectivity index (χ2v) is 6.63. The number of hydrogen-bond acceptors (Lipinski definition) is 3. The number of hydrogen-bond donors (Lipinski definition) is 0. The Labute approximate surface area is 134 Å². The third-order valence-corrected chi connectivity index (χ3v) is 4.32. The first-order chi connectivity index (χ1) is 10.0. The molecule has 0 fully saturated rings. The number of thioether (sulfide) groups is 1. The van der Waals surface area contributed by atoms with Crippen molar-refractivity contribution in [1.82, 2.24) is 9.78 Å². The zero-order valence-electron chi connectivity index (χ0n) is 12.5. The van der Waals surface area contributed by atoms with Gasteiger partial charge in [0.25, 0.3) is 0 Å². The standard InChI is InChI=1S/C16H19ClN2OS/c1-11(2)6-7-19-9-12(10-20)16(18-19)14-5-4-13(21-3)8-15(14)17/h4-5,8-11H,6-7H2,1-3H3. The average Bonchev–Trinajstić information content (AvgIpc) is 2.88. The highest BCUT2D eigenvalue weighted by Crippen LogP contribution is 2.32. The molecule has 1 aromatic carbocycles. The van der Waals surface area contributed by atoms with Crippen LogP contribution in [0, 0.1) is 5.92 Å². The Morgan fingerprint density at radius 2 is 2.19 bits per heavy atom. The minimum Gasteiger partial charge on any atom is -0.298 e.